The molecule has 3 rings (SSSR count). The van der Waals surface area contributed by atoms with Crippen molar-refractivity contribution in [3.63, 3.8) is 0 Å². The molecule has 0 bridgehead atoms. The third kappa shape index (κ3) is 7.81. The zero-order valence-corrected chi connectivity index (χ0v) is 21.0. The molecule has 3 aromatic carbocycles. The van der Waals surface area contributed by atoms with E-state index < -0.39 is 5.25 Å². The van der Waals surface area contributed by atoms with Crippen LogP contribution < -0.4 is 10.6 Å². The van der Waals surface area contributed by atoms with Gasteiger partial charge in [-0.25, -0.2) is 0 Å². The van der Waals surface area contributed by atoms with Gasteiger partial charge in [-0.2, -0.15) is 0 Å². The van der Waals surface area contributed by atoms with Crippen molar-refractivity contribution in [1.82, 2.24) is 0 Å². The Hall–Kier alpha value is -2.47. The average molecular weight is 501 g/mol. The zero-order chi connectivity index (χ0) is 24.0. The van der Waals surface area contributed by atoms with Crippen molar-refractivity contribution in [2.75, 3.05) is 10.6 Å². The Morgan fingerprint density at radius 3 is 2.21 bits per heavy atom. The summed E-state index contributed by atoms with van der Waals surface area (Å²) in [4.78, 5) is 26.5. The molecule has 1 unspecified atom stereocenters. The molecule has 172 valence electrons. The molecule has 0 aliphatic rings. The molecule has 0 saturated carbocycles. The van der Waals surface area contributed by atoms with E-state index in [9.17, 15) is 9.59 Å². The minimum Gasteiger partial charge on any atom is -0.326 e. The Balaban J connectivity index is 1.80. The van der Waals surface area contributed by atoms with Crippen LogP contribution in [0.2, 0.25) is 10.0 Å². The van der Waals surface area contributed by atoms with E-state index in [0.717, 1.165) is 10.5 Å². The molecule has 0 aromatic heterocycles. The number of benzene rings is 3. The third-order valence-corrected chi connectivity index (χ3v) is 6.58. The molecule has 4 nitrogen and oxygen atoms in total. The van der Waals surface area contributed by atoms with Crippen molar-refractivity contribution < 1.29 is 9.59 Å². The second-order valence-corrected chi connectivity index (χ2v) is 10.8. The van der Waals surface area contributed by atoms with Crippen molar-refractivity contribution in [2.45, 2.75) is 37.3 Å². The number of carbonyl (C=O) groups excluding carboxylic acids is 2. The van der Waals surface area contributed by atoms with E-state index in [1.165, 1.54) is 11.8 Å². The lowest BCUT2D eigenvalue weighted by atomic mass is 9.92. The second kappa shape index (κ2) is 11.1. The molecule has 0 heterocycles. The monoisotopic (exact) mass is 500 g/mol. The lowest BCUT2D eigenvalue weighted by Crippen LogP contribution is -2.20. The fraction of sp³-hybridized carbons (Fsp3) is 0.231. The van der Waals surface area contributed by atoms with Crippen LogP contribution in [0.25, 0.3) is 0 Å². The summed E-state index contributed by atoms with van der Waals surface area (Å²) in [6.45, 7) is 6.07. The molecule has 0 radical (unpaired) electrons. The van der Waals surface area contributed by atoms with E-state index in [1.807, 2.05) is 75.4 Å². The largest absolute Gasteiger partial charge is 0.326 e. The number of carbonyl (C=O) groups is 2. The highest BCUT2D eigenvalue weighted by Gasteiger charge is 2.23. The van der Waals surface area contributed by atoms with E-state index in [4.69, 9.17) is 23.2 Å². The number of thioether (sulfide) groups is 1. The predicted molar refractivity (Wildman–Crippen MR) is 139 cm³/mol. The van der Waals surface area contributed by atoms with Crippen LogP contribution in [-0.4, -0.2) is 11.8 Å². The number of nitrogens with one attached hydrogen (secondary N) is 2. The number of anilines is 2. The molecule has 0 aliphatic carbocycles. The van der Waals surface area contributed by atoms with Gasteiger partial charge in [0.15, 0.2) is 0 Å². The van der Waals surface area contributed by atoms with Crippen LogP contribution in [0.5, 0.6) is 0 Å². The first-order valence-electron chi connectivity index (χ1n) is 10.5. The summed E-state index contributed by atoms with van der Waals surface area (Å²) in [5.41, 5.74) is 2.03. The van der Waals surface area contributed by atoms with Gasteiger partial charge < -0.3 is 10.6 Å². The lowest BCUT2D eigenvalue weighted by molar-refractivity contribution is -0.118. The summed E-state index contributed by atoms with van der Waals surface area (Å²) < 4.78 is 0. The fourth-order valence-corrected chi connectivity index (χ4v) is 4.53. The van der Waals surface area contributed by atoms with E-state index in [2.05, 4.69) is 10.6 Å². The number of halogens is 2. The predicted octanol–water partition coefficient (Wildman–Crippen LogP) is 7.84. The Morgan fingerprint density at radius 2 is 1.55 bits per heavy atom. The highest BCUT2D eigenvalue weighted by molar-refractivity contribution is 8.00. The topological polar surface area (TPSA) is 58.2 Å². The minimum atomic E-state index is -0.513. The molecule has 2 N–H and O–H groups in total. The molecule has 3 aromatic rings. The van der Waals surface area contributed by atoms with E-state index in [-0.39, 0.29) is 17.2 Å². The van der Waals surface area contributed by atoms with Crippen LogP contribution in [0.3, 0.4) is 0 Å². The van der Waals surface area contributed by atoms with Gasteiger partial charge in [-0.3, -0.25) is 9.59 Å². The Labute approximate surface area is 209 Å². The Bertz CT molecular complexity index is 1130. The van der Waals surface area contributed by atoms with Gasteiger partial charge in [-0.15, -0.1) is 11.8 Å². The van der Waals surface area contributed by atoms with Crippen LogP contribution in [0.15, 0.2) is 77.7 Å². The molecule has 1 atom stereocenters. The molecule has 7 heteroatoms. The summed E-state index contributed by atoms with van der Waals surface area (Å²) in [6, 6.07) is 22.1. The molecule has 2 amide bonds. The summed E-state index contributed by atoms with van der Waals surface area (Å²) in [5, 5.41) is 6.17. The van der Waals surface area contributed by atoms with Crippen LogP contribution in [0.1, 0.15) is 38.0 Å². The maximum Gasteiger partial charge on any atom is 0.242 e. The normalized spacial score (nSPS) is 12.2. The van der Waals surface area contributed by atoms with Crippen molar-refractivity contribution >= 4 is 58.2 Å². The first kappa shape index (κ1) is 25.2. The van der Waals surface area contributed by atoms with Crippen molar-refractivity contribution in [1.29, 1.82) is 0 Å². The summed E-state index contributed by atoms with van der Waals surface area (Å²) >= 11 is 13.5. The van der Waals surface area contributed by atoms with E-state index >= 15 is 0 Å². The second-order valence-electron chi connectivity index (χ2n) is 8.84. The molecular weight excluding hydrogens is 475 g/mol. The SMILES string of the molecule is CC(C)(C)CC(=O)Nc1cccc(SC(C(=O)Nc2ccc(Cl)c(Cl)c2)c2ccccc2)c1. The first-order valence-corrected chi connectivity index (χ1v) is 12.1. The molecule has 0 spiro atoms. The Morgan fingerprint density at radius 1 is 0.848 bits per heavy atom. The molecule has 0 fully saturated rings. The van der Waals surface area contributed by atoms with Gasteiger partial charge in [-0.05, 0) is 47.4 Å². The van der Waals surface area contributed by atoms with Crippen molar-refractivity contribution in [3.8, 4) is 0 Å². The lowest BCUT2D eigenvalue weighted by Gasteiger charge is -2.19. The maximum absolute atomic E-state index is 13.3. The number of rotatable bonds is 7. The molecule has 0 aliphatic heterocycles. The van der Waals surface area contributed by atoms with Gasteiger partial charge in [0, 0.05) is 22.7 Å². The van der Waals surface area contributed by atoms with Crippen LogP contribution in [0.4, 0.5) is 11.4 Å². The first-order chi connectivity index (χ1) is 15.6. The zero-order valence-electron chi connectivity index (χ0n) is 18.7. The molecule has 0 saturated heterocycles. The van der Waals surface area contributed by atoms with Gasteiger partial charge in [-0.1, -0.05) is 80.4 Å². The van der Waals surface area contributed by atoms with Gasteiger partial charge in [0.25, 0.3) is 0 Å². The quantitative estimate of drug-likeness (QED) is 0.324. The highest BCUT2D eigenvalue weighted by Crippen LogP contribution is 2.37. The van der Waals surface area contributed by atoms with Gasteiger partial charge in [0.05, 0.1) is 10.0 Å². The Kier molecular flexibility index (Phi) is 8.46. The summed E-state index contributed by atoms with van der Waals surface area (Å²) in [7, 11) is 0. The smallest absolute Gasteiger partial charge is 0.242 e. The van der Waals surface area contributed by atoms with Gasteiger partial charge in [0.2, 0.25) is 11.8 Å². The number of hydrogen-bond acceptors (Lipinski definition) is 3. The average Bonchev–Trinajstić information content (AvgIpc) is 2.74. The van der Waals surface area contributed by atoms with Crippen molar-refractivity contribution in [2.24, 2.45) is 5.41 Å². The minimum absolute atomic E-state index is 0.0402. The van der Waals surface area contributed by atoms with Gasteiger partial charge in [0.1, 0.15) is 5.25 Å². The van der Waals surface area contributed by atoms with Crippen LogP contribution in [0, 0.1) is 5.41 Å². The van der Waals surface area contributed by atoms with E-state index in [0.29, 0.717) is 27.8 Å². The molecule has 33 heavy (non-hydrogen) atoms. The molecular formula is C26H26Cl2N2O2S. The number of amides is 2. The summed E-state index contributed by atoms with van der Waals surface area (Å²) in [5.74, 6) is -0.228. The fourth-order valence-electron chi connectivity index (χ4n) is 3.15. The van der Waals surface area contributed by atoms with Crippen molar-refractivity contribution in [3.05, 3.63) is 88.4 Å². The number of hydrogen-bond donors (Lipinski definition) is 2. The van der Waals surface area contributed by atoms with E-state index in [1.54, 1.807) is 18.2 Å². The van der Waals surface area contributed by atoms with Crippen LogP contribution in [-0.2, 0) is 9.59 Å². The highest BCUT2D eigenvalue weighted by atomic mass is 35.5. The van der Waals surface area contributed by atoms with Crippen LogP contribution >= 0.6 is 35.0 Å². The third-order valence-electron chi connectivity index (χ3n) is 4.59. The summed E-state index contributed by atoms with van der Waals surface area (Å²) in [6.07, 6.45) is 0.420. The maximum atomic E-state index is 13.3. The standard InChI is InChI=1S/C26H26Cl2N2O2S/c1-26(2,3)16-23(31)29-18-10-7-11-20(14-18)33-24(17-8-5-4-6-9-17)25(32)30-19-12-13-21(27)22(28)15-19/h4-15,24H,16H2,1-3H3,(H,29,31)(H,30,32). The van der Waals surface area contributed by atoms with Gasteiger partial charge >= 0.3 is 0 Å².